The molecule has 0 aromatic heterocycles. The fraction of sp³-hybridized carbons (Fsp3) is 0.938. The minimum absolute atomic E-state index is 0.0905. The van der Waals surface area contributed by atoms with Gasteiger partial charge in [-0.2, -0.15) is 0 Å². The van der Waals surface area contributed by atoms with E-state index in [0.717, 1.165) is 45.6 Å². The van der Waals surface area contributed by atoms with Crippen LogP contribution in [0.3, 0.4) is 0 Å². The quantitative estimate of drug-likeness (QED) is 0.845. The molecule has 2 saturated heterocycles. The Morgan fingerprint density at radius 1 is 1.29 bits per heavy atom. The molecule has 2 atom stereocenters. The second-order valence-corrected chi connectivity index (χ2v) is 7.40. The summed E-state index contributed by atoms with van der Waals surface area (Å²) < 4.78 is 5.53. The number of β-amino-alcohol motifs (C(OH)–C–C–N with tert-alkyl or cyclic N) is 1. The summed E-state index contributed by atoms with van der Waals surface area (Å²) in [5.74, 6) is 0.220. The molecule has 0 bridgehead atoms. The van der Waals surface area contributed by atoms with Crippen molar-refractivity contribution < 1.29 is 14.6 Å². The smallest absolute Gasteiger partial charge is 0.225 e. The van der Waals surface area contributed by atoms with Gasteiger partial charge in [0.05, 0.1) is 18.6 Å². The first-order valence-electron chi connectivity index (χ1n) is 8.16. The lowest BCUT2D eigenvalue weighted by Gasteiger charge is -2.38. The van der Waals surface area contributed by atoms with Gasteiger partial charge in [-0.15, -0.1) is 0 Å². The lowest BCUT2D eigenvalue weighted by molar-refractivity contribution is -0.135. The molecule has 0 saturated carbocycles. The molecule has 2 fully saturated rings. The van der Waals surface area contributed by atoms with Gasteiger partial charge in [0.25, 0.3) is 0 Å². The number of nitrogens with zero attached hydrogens (tertiary/aromatic N) is 2. The van der Waals surface area contributed by atoms with Crippen LogP contribution in [0.5, 0.6) is 0 Å². The van der Waals surface area contributed by atoms with Crippen LogP contribution >= 0.6 is 0 Å². The molecule has 0 unspecified atom stereocenters. The average molecular weight is 298 g/mol. The van der Waals surface area contributed by atoms with Gasteiger partial charge in [-0.05, 0) is 18.3 Å². The van der Waals surface area contributed by atoms with Gasteiger partial charge in [0, 0.05) is 39.3 Å². The average Bonchev–Trinajstić information content (AvgIpc) is 2.91. The zero-order valence-corrected chi connectivity index (χ0v) is 13.7. The first kappa shape index (κ1) is 16.7. The summed E-state index contributed by atoms with van der Waals surface area (Å²) >= 11 is 0. The molecule has 1 amide bonds. The topological polar surface area (TPSA) is 53.0 Å². The number of carbonyl (C=O) groups is 1. The first-order valence-corrected chi connectivity index (χ1v) is 8.16. The summed E-state index contributed by atoms with van der Waals surface area (Å²) in [6.45, 7) is 10.9. The summed E-state index contributed by atoms with van der Waals surface area (Å²) in [5.41, 5.74) is -0.0905. The van der Waals surface area contributed by atoms with Crippen LogP contribution in [0.2, 0.25) is 0 Å². The van der Waals surface area contributed by atoms with Gasteiger partial charge in [-0.25, -0.2) is 0 Å². The number of hydrogen-bond donors (Lipinski definition) is 1. The number of piperazine rings is 1. The number of rotatable bonds is 4. The van der Waals surface area contributed by atoms with Crippen molar-refractivity contribution in [1.29, 1.82) is 0 Å². The minimum Gasteiger partial charge on any atom is -0.391 e. The zero-order chi connectivity index (χ0) is 15.5. The van der Waals surface area contributed by atoms with Crippen molar-refractivity contribution in [2.45, 2.75) is 52.2 Å². The van der Waals surface area contributed by atoms with E-state index in [1.807, 2.05) is 4.90 Å². The standard InChI is InChI=1S/C16H30N2O3/c1-16(2,3)14(19)12-17-6-8-18(9-7-17)15(20)11-13-5-4-10-21-13/h13-14,19H,4-12H2,1-3H3/t13-,14-/m1/s1. The molecule has 0 aliphatic carbocycles. The summed E-state index contributed by atoms with van der Waals surface area (Å²) in [6.07, 6.45) is 2.44. The fourth-order valence-electron chi connectivity index (χ4n) is 2.83. The molecule has 0 aromatic rings. The Balaban J connectivity index is 1.71. The molecule has 1 N–H and O–H groups in total. The highest BCUT2D eigenvalue weighted by molar-refractivity contribution is 5.76. The van der Waals surface area contributed by atoms with E-state index in [1.165, 1.54) is 0 Å². The Morgan fingerprint density at radius 3 is 2.48 bits per heavy atom. The molecule has 0 spiro atoms. The van der Waals surface area contributed by atoms with Crippen LogP contribution < -0.4 is 0 Å². The van der Waals surface area contributed by atoms with Crippen molar-refractivity contribution in [2.24, 2.45) is 5.41 Å². The monoisotopic (exact) mass is 298 g/mol. The van der Waals surface area contributed by atoms with Crippen molar-refractivity contribution in [2.75, 3.05) is 39.3 Å². The first-order chi connectivity index (χ1) is 9.86. The number of ether oxygens (including phenoxy) is 1. The van der Waals surface area contributed by atoms with Crippen LogP contribution in [0.25, 0.3) is 0 Å². The second kappa shape index (κ2) is 7.07. The van der Waals surface area contributed by atoms with Crippen molar-refractivity contribution >= 4 is 5.91 Å². The SMILES string of the molecule is CC(C)(C)[C@H](O)CN1CCN(C(=O)C[C@H]2CCCO2)CC1. The van der Waals surface area contributed by atoms with Crippen molar-refractivity contribution in [3.63, 3.8) is 0 Å². The highest BCUT2D eigenvalue weighted by atomic mass is 16.5. The lowest BCUT2D eigenvalue weighted by Crippen LogP contribution is -2.52. The van der Waals surface area contributed by atoms with Crippen molar-refractivity contribution in [1.82, 2.24) is 9.80 Å². The molecular weight excluding hydrogens is 268 g/mol. The summed E-state index contributed by atoms with van der Waals surface area (Å²) in [6, 6.07) is 0. The van der Waals surface area contributed by atoms with Crippen molar-refractivity contribution in [3.8, 4) is 0 Å². The van der Waals surface area contributed by atoms with E-state index in [1.54, 1.807) is 0 Å². The van der Waals surface area contributed by atoms with Crippen LogP contribution in [-0.4, -0.2) is 72.4 Å². The molecule has 2 aliphatic heterocycles. The third kappa shape index (κ3) is 4.94. The third-order valence-corrected chi connectivity index (χ3v) is 4.58. The highest BCUT2D eigenvalue weighted by Crippen LogP contribution is 2.21. The van der Waals surface area contributed by atoms with Crippen LogP contribution in [-0.2, 0) is 9.53 Å². The van der Waals surface area contributed by atoms with Crippen LogP contribution in [0.4, 0.5) is 0 Å². The Kier molecular flexibility index (Phi) is 5.63. The number of carbonyl (C=O) groups excluding carboxylic acids is 1. The molecule has 0 aromatic carbocycles. The Hall–Kier alpha value is -0.650. The van der Waals surface area contributed by atoms with Gasteiger partial charge >= 0.3 is 0 Å². The van der Waals surface area contributed by atoms with Gasteiger partial charge in [-0.1, -0.05) is 20.8 Å². The van der Waals surface area contributed by atoms with E-state index in [4.69, 9.17) is 4.74 Å². The maximum absolute atomic E-state index is 12.2. The maximum Gasteiger partial charge on any atom is 0.225 e. The minimum atomic E-state index is -0.327. The maximum atomic E-state index is 12.2. The molecular formula is C16H30N2O3. The summed E-state index contributed by atoms with van der Waals surface area (Å²) in [4.78, 5) is 16.4. The number of amides is 1. The summed E-state index contributed by atoms with van der Waals surface area (Å²) in [7, 11) is 0. The molecule has 2 rings (SSSR count). The molecule has 5 heteroatoms. The van der Waals surface area contributed by atoms with Crippen LogP contribution in [0, 0.1) is 5.41 Å². The molecule has 2 aliphatic rings. The lowest BCUT2D eigenvalue weighted by atomic mass is 9.89. The zero-order valence-electron chi connectivity index (χ0n) is 13.7. The predicted molar refractivity (Wildman–Crippen MR) is 82.1 cm³/mol. The van der Waals surface area contributed by atoms with Crippen LogP contribution in [0.15, 0.2) is 0 Å². The molecule has 0 radical (unpaired) electrons. The number of hydrogen-bond acceptors (Lipinski definition) is 4. The predicted octanol–water partition coefficient (Wildman–Crippen LogP) is 1.11. The molecule has 2 heterocycles. The van der Waals surface area contributed by atoms with Crippen molar-refractivity contribution in [3.05, 3.63) is 0 Å². The number of aliphatic hydroxyl groups is 1. The second-order valence-electron chi connectivity index (χ2n) is 7.40. The molecule has 21 heavy (non-hydrogen) atoms. The van der Waals surface area contributed by atoms with Gasteiger partial charge in [-0.3, -0.25) is 9.69 Å². The Labute approximate surface area is 128 Å². The van der Waals surface area contributed by atoms with Gasteiger partial charge in [0.1, 0.15) is 0 Å². The van der Waals surface area contributed by atoms with E-state index in [-0.39, 0.29) is 23.5 Å². The van der Waals surface area contributed by atoms with Gasteiger partial charge < -0.3 is 14.7 Å². The summed E-state index contributed by atoms with van der Waals surface area (Å²) in [5, 5.41) is 10.2. The van der Waals surface area contributed by atoms with Gasteiger partial charge in [0.2, 0.25) is 5.91 Å². The fourth-order valence-corrected chi connectivity index (χ4v) is 2.83. The highest BCUT2D eigenvalue weighted by Gasteiger charge is 2.28. The largest absolute Gasteiger partial charge is 0.391 e. The van der Waals surface area contributed by atoms with Crippen LogP contribution in [0.1, 0.15) is 40.0 Å². The Morgan fingerprint density at radius 2 is 1.95 bits per heavy atom. The van der Waals surface area contributed by atoms with Gasteiger partial charge in [0.15, 0.2) is 0 Å². The molecule has 122 valence electrons. The normalized spacial score (nSPS) is 26.1. The van der Waals surface area contributed by atoms with E-state index < -0.39 is 0 Å². The third-order valence-electron chi connectivity index (χ3n) is 4.58. The molecule has 5 nitrogen and oxygen atoms in total. The van der Waals surface area contributed by atoms with E-state index in [9.17, 15) is 9.90 Å². The Bertz CT molecular complexity index is 340. The van der Waals surface area contributed by atoms with E-state index in [0.29, 0.717) is 13.0 Å². The van der Waals surface area contributed by atoms with E-state index >= 15 is 0 Å². The van der Waals surface area contributed by atoms with E-state index in [2.05, 4.69) is 25.7 Å². The number of aliphatic hydroxyl groups excluding tert-OH is 1.